The number of hydrogen-bond donors (Lipinski definition) is 0. The molecule has 230 valence electrons. The van der Waals surface area contributed by atoms with Gasteiger partial charge in [-0.05, 0) is 53.6 Å². The summed E-state index contributed by atoms with van der Waals surface area (Å²) in [6, 6.07) is 62.9. The Morgan fingerprint density at radius 2 is 1.04 bits per heavy atom. The van der Waals surface area contributed by atoms with Crippen LogP contribution in [0.1, 0.15) is 0 Å². The van der Waals surface area contributed by atoms with Gasteiger partial charge in [0.15, 0.2) is 0 Å². The summed E-state index contributed by atoms with van der Waals surface area (Å²) < 4.78 is 6.03. The second kappa shape index (κ2) is 11.2. The van der Waals surface area contributed by atoms with Crippen LogP contribution in [0.15, 0.2) is 176 Å². The average Bonchev–Trinajstić information content (AvgIpc) is 3.86. The van der Waals surface area contributed by atoms with E-state index in [1.54, 1.807) is 0 Å². The van der Waals surface area contributed by atoms with Crippen LogP contribution in [0.5, 0.6) is 0 Å². The van der Waals surface area contributed by atoms with Gasteiger partial charge in [0.2, 0.25) is 0 Å². The molecular formula is C45H29N3S. The van der Waals surface area contributed by atoms with Crippen molar-refractivity contribution in [2.75, 3.05) is 0 Å². The lowest BCUT2D eigenvalue weighted by Crippen LogP contribution is -2.00. The number of para-hydroxylation sites is 3. The summed E-state index contributed by atoms with van der Waals surface area (Å²) in [6.07, 6.45) is 0. The topological polar surface area (TPSA) is 22.8 Å². The van der Waals surface area contributed by atoms with Crippen molar-refractivity contribution < 1.29 is 0 Å². The Kier molecular flexibility index (Phi) is 6.36. The summed E-state index contributed by atoms with van der Waals surface area (Å²) in [7, 11) is 0. The molecule has 0 saturated carbocycles. The molecule has 10 rings (SSSR count). The third kappa shape index (κ3) is 4.38. The van der Waals surface area contributed by atoms with Crippen molar-refractivity contribution in [3.63, 3.8) is 0 Å². The van der Waals surface area contributed by atoms with Crippen LogP contribution in [-0.2, 0) is 0 Å². The van der Waals surface area contributed by atoms with Crippen molar-refractivity contribution in [2.45, 2.75) is 0 Å². The quantitative estimate of drug-likeness (QED) is 0.183. The van der Waals surface area contributed by atoms with E-state index in [9.17, 15) is 0 Å². The van der Waals surface area contributed by atoms with Gasteiger partial charge in [-0.25, -0.2) is 4.98 Å². The highest BCUT2D eigenvalue weighted by Gasteiger charge is 2.22. The fourth-order valence-corrected chi connectivity index (χ4v) is 8.79. The molecular weight excluding hydrogens is 615 g/mol. The van der Waals surface area contributed by atoms with Crippen LogP contribution < -0.4 is 0 Å². The molecule has 0 saturated heterocycles. The Labute approximate surface area is 287 Å². The van der Waals surface area contributed by atoms with Crippen molar-refractivity contribution in [1.82, 2.24) is 14.1 Å². The predicted octanol–water partition coefficient (Wildman–Crippen LogP) is 12.3. The summed E-state index contributed by atoms with van der Waals surface area (Å²) in [5, 5.41) is 3.84. The Hall–Kier alpha value is -6.23. The van der Waals surface area contributed by atoms with Gasteiger partial charge >= 0.3 is 0 Å². The molecule has 0 bridgehead atoms. The first-order valence-corrected chi connectivity index (χ1v) is 17.4. The van der Waals surface area contributed by atoms with E-state index in [0.717, 1.165) is 33.8 Å². The molecule has 0 aliphatic heterocycles. The Balaban J connectivity index is 1.25. The van der Waals surface area contributed by atoms with Gasteiger partial charge in [0, 0.05) is 48.2 Å². The van der Waals surface area contributed by atoms with Gasteiger partial charge in [0.1, 0.15) is 5.82 Å². The van der Waals surface area contributed by atoms with Gasteiger partial charge in [-0.15, -0.1) is 11.3 Å². The third-order valence-electron chi connectivity index (χ3n) is 9.53. The summed E-state index contributed by atoms with van der Waals surface area (Å²) in [5.74, 6) is 0.934. The molecule has 0 aliphatic carbocycles. The molecule has 0 fully saturated rings. The van der Waals surface area contributed by atoms with Crippen molar-refractivity contribution in [3.05, 3.63) is 176 Å². The largest absolute Gasteiger partial charge is 0.309 e. The maximum absolute atomic E-state index is 5.10. The molecule has 0 atom stereocenters. The summed E-state index contributed by atoms with van der Waals surface area (Å²) >= 11 is 1.90. The third-order valence-corrected chi connectivity index (χ3v) is 10.8. The minimum atomic E-state index is 0.934. The number of benzene rings is 7. The normalized spacial score (nSPS) is 11.7. The molecule has 3 heterocycles. The average molecular weight is 644 g/mol. The van der Waals surface area contributed by atoms with Crippen molar-refractivity contribution in [2.24, 2.45) is 0 Å². The van der Waals surface area contributed by atoms with Gasteiger partial charge in [-0.3, -0.25) is 4.57 Å². The minimum Gasteiger partial charge on any atom is -0.309 e. The van der Waals surface area contributed by atoms with Gasteiger partial charge < -0.3 is 4.57 Å². The monoisotopic (exact) mass is 643 g/mol. The van der Waals surface area contributed by atoms with Crippen LogP contribution in [0.3, 0.4) is 0 Å². The van der Waals surface area contributed by atoms with Crippen LogP contribution in [0.2, 0.25) is 0 Å². The Bertz CT molecular complexity index is 2810. The van der Waals surface area contributed by atoms with Crippen LogP contribution in [0.25, 0.3) is 87.3 Å². The van der Waals surface area contributed by atoms with E-state index in [-0.39, 0.29) is 0 Å². The highest BCUT2D eigenvalue weighted by atomic mass is 32.1. The Morgan fingerprint density at radius 3 is 1.80 bits per heavy atom. The van der Waals surface area contributed by atoms with E-state index in [1.807, 2.05) is 11.3 Å². The molecule has 0 radical (unpaired) electrons. The molecule has 7 aromatic carbocycles. The number of hydrogen-bond acceptors (Lipinski definition) is 2. The number of aromatic nitrogens is 3. The van der Waals surface area contributed by atoms with Crippen LogP contribution >= 0.6 is 11.3 Å². The van der Waals surface area contributed by atoms with Gasteiger partial charge in [-0.1, -0.05) is 133 Å². The van der Waals surface area contributed by atoms with E-state index < -0.39 is 0 Å². The van der Waals surface area contributed by atoms with Crippen molar-refractivity contribution >= 4 is 54.3 Å². The zero-order chi connectivity index (χ0) is 32.3. The van der Waals surface area contributed by atoms with Crippen LogP contribution in [0, 0.1) is 0 Å². The highest BCUT2D eigenvalue weighted by Crippen LogP contribution is 2.49. The van der Waals surface area contributed by atoms with E-state index in [1.165, 1.54) is 53.5 Å². The number of nitrogens with zero attached hydrogens (tertiary/aromatic N) is 3. The maximum Gasteiger partial charge on any atom is 0.145 e. The SMILES string of the molecule is c1ccc(-c2sc3c(ccc4c3c3ccccc3n4-c3cccc(-n4c(-c5ccccc5)nc5ccccc54)c3)c2-c2ccccc2)cc1. The first-order valence-electron chi connectivity index (χ1n) is 16.6. The van der Waals surface area contributed by atoms with E-state index in [4.69, 9.17) is 4.98 Å². The van der Waals surface area contributed by atoms with Gasteiger partial charge in [0.25, 0.3) is 0 Å². The van der Waals surface area contributed by atoms with Crippen molar-refractivity contribution in [1.29, 1.82) is 0 Å². The second-order valence-corrected chi connectivity index (χ2v) is 13.4. The molecule has 0 aliphatic rings. The first kappa shape index (κ1) is 27.8. The lowest BCUT2D eigenvalue weighted by atomic mass is 9.98. The standard InChI is InChI=1S/C45H29N3S/c1-4-15-30(16-5-1)41-36-27-28-40-42(44(36)49-43(41)31-17-6-2-7-18-31)35-23-10-12-25-38(35)47(40)33-21-14-22-34(29-33)48-39-26-13-11-24-37(39)46-45(48)32-19-8-3-9-20-32/h1-29H. The number of thiophene rings is 1. The van der Waals surface area contributed by atoms with E-state index in [2.05, 4.69) is 185 Å². The van der Waals surface area contributed by atoms with E-state index in [0.29, 0.717) is 0 Å². The predicted molar refractivity (Wildman–Crippen MR) is 207 cm³/mol. The molecule has 3 aromatic heterocycles. The van der Waals surface area contributed by atoms with Crippen LogP contribution in [0.4, 0.5) is 0 Å². The molecule has 0 unspecified atom stereocenters. The van der Waals surface area contributed by atoms with Crippen LogP contribution in [-0.4, -0.2) is 14.1 Å². The summed E-state index contributed by atoms with van der Waals surface area (Å²) in [6.45, 7) is 0. The summed E-state index contributed by atoms with van der Waals surface area (Å²) in [5.41, 5.74) is 11.5. The molecule has 49 heavy (non-hydrogen) atoms. The second-order valence-electron chi connectivity index (χ2n) is 12.4. The zero-order valence-corrected chi connectivity index (χ0v) is 27.3. The molecule has 0 amide bonds. The summed E-state index contributed by atoms with van der Waals surface area (Å²) in [4.78, 5) is 6.40. The van der Waals surface area contributed by atoms with Gasteiger partial charge in [-0.2, -0.15) is 0 Å². The van der Waals surface area contributed by atoms with Crippen molar-refractivity contribution in [3.8, 4) is 44.3 Å². The number of fused-ring (bicyclic) bond motifs is 6. The highest BCUT2D eigenvalue weighted by molar-refractivity contribution is 7.24. The van der Waals surface area contributed by atoms with E-state index >= 15 is 0 Å². The number of imidazole rings is 1. The molecule has 3 nitrogen and oxygen atoms in total. The molecule has 4 heteroatoms. The zero-order valence-electron chi connectivity index (χ0n) is 26.5. The molecule has 0 N–H and O–H groups in total. The smallest absolute Gasteiger partial charge is 0.145 e. The lowest BCUT2D eigenvalue weighted by molar-refractivity contribution is 1.09. The lowest BCUT2D eigenvalue weighted by Gasteiger charge is -2.13. The number of rotatable bonds is 5. The molecule has 10 aromatic rings. The van der Waals surface area contributed by atoms with Gasteiger partial charge in [0.05, 0.1) is 22.1 Å². The Morgan fingerprint density at radius 1 is 0.429 bits per heavy atom. The fraction of sp³-hybridized carbons (Fsp3) is 0. The minimum absolute atomic E-state index is 0.934. The molecule has 0 spiro atoms. The maximum atomic E-state index is 5.10. The first-order chi connectivity index (χ1) is 24.3. The fourth-order valence-electron chi connectivity index (χ4n) is 7.41.